The second-order valence-corrected chi connectivity index (χ2v) is 10.7. The Hall–Kier alpha value is -5.30. The first-order chi connectivity index (χ1) is 25.1. The zero-order chi connectivity index (χ0) is 38.4. The summed E-state index contributed by atoms with van der Waals surface area (Å²) in [5, 5.41) is 12.4. The van der Waals surface area contributed by atoms with E-state index in [-0.39, 0.29) is 79.0 Å². The van der Waals surface area contributed by atoms with Gasteiger partial charge in [0.2, 0.25) is 0 Å². The molecule has 0 amide bonds. The summed E-state index contributed by atoms with van der Waals surface area (Å²) in [6, 6.07) is 3.13. The number of aliphatic hydroxyl groups is 1. The van der Waals surface area contributed by atoms with Crippen molar-refractivity contribution in [2.24, 2.45) is 0 Å². The Morgan fingerprint density at radius 2 is 1.23 bits per heavy atom. The van der Waals surface area contributed by atoms with Crippen molar-refractivity contribution in [3.05, 3.63) is 34.4 Å². The highest BCUT2D eigenvalue weighted by Gasteiger charge is 2.31. The Morgan fingerprint density at radius 1 is 0.635 bits per heavy atom. The maximum atomic E-state index is 12.9. The fraction of sp³-hybridized carbons (Fsp3) is 0.459. The third kappa shape index (κ3) is 8.94. The molecule has 1 N–H and O–H groups in total. The van der Waals surface area contributed by atoms with Crippen LogP contribution in [0, 0.1) is 11.8 Å². The van der Waals surface area contributed by atoms with Crippen molar-refractivity contribution >= 4 is 22.7 Å². The first kappa shape index (κ1) is 41.1. The molecule has 0 aliphatic carbocycles. The summed E-state index contributed by atoms with van der Waals surface area (Å²) < 4.78 is 67.0. The molecule has 52 heavy (non-hydrogen) atoms. The molecule has 0 saturated heterocycles. The summed E-state index contributed by atoms with van der Waals surface area (Å²) in [6.45, 7) is 0.628. The number of hydrogen-bond acceptors (Lipinski definition) is 15. The van der Waals surface area contributed by atoms with Crippen molar-refractivity contribution in [2.75, 3.05) is 97.5 Å². The molecule has 15 nitrogen and oxygen atoms in total. The largest absolute Gasteiger partial charge is 0.496 e. The number of aliphatic hydroxyl groups excluding tert-OH is 1. The van der Waals surface area contributed by atoms with Gasteiger partial charge in [0.15, 0.2) is 34.5 Å². The van der Waals surface area contributed by atoms with E-state index in [0.717, 1.165) is 0 Å². The lowest BCUT2D eigenvalue weighted by molar-refractivity contribution is -0.139. The van der Waals surface area contributed by atoms with Crippen molar-refractivity contribution in [3.63, 3.8) is 0 Å². The van der Waals surface area contributed by atoms with Gasteiger partial charge in [0.1, 0.15) is 36.4 Å². The number of fused-ring (bicyclic) bond motifs is 1. The average Bonchev–Trinajstić information content (AvgIpc) is 3.16. The van der Waals surface area contributed by atoms with E-state index in [2.05, 4.69) is 11.8 Å². The number of esters is 2. The zero-order valence-electron chi connectivity index (χ0n) is 31.1. The van der Waals surface area contributed by atoms with E-state index < -0.39 is 18.0 Å². The van der Waals surface area contributed by atoms with Crippen LogP contribution in [0.5, 0.6) is 46.0 Å². The van der Waals surface area contributed by atoms with Gasteiger partial charge >= 0.3 is 11.9 Å². The molecule has 15 heteroatoms. The van der Waals surface area contributed by atoms with Gasteiger partial charge < -0.3 is 61.9 Å². The topological polar surface area (TPSA) is 165 Å². The maximum Gasteiger partial charge on any atom is 0.342 e. The van der Waals surface area contributed by atoms with Gasteiger partial charge in [-0.15, -0.1) is 0 Å². The van der Waals surface area contributed by atoms with Gasteiger partial charge in [-0.05, 0) is 11.6 Å². The highest BCUT2D eigenvalue weighted by atomic mass is 16.6. The summed E-state index contributed by atoms with van der Waals surface area (Å²) in [5.41, 5.74) is 0.772. The number of benzene rings is 3. The van der Waals surface area contributed by atoms with Crippen molar-refractivity contribution < 1.29 is 71.5 Å². The SMILES string of the molecule is COCCOc1c(C#CC(O)Cc2c(OCCOC)c(OC)c3c(OC)c(OC)cc(OC)c3c2OC)cc(CC(=O)OC)c(C(=O)OC)c1OC. The molecule has 0 heterocycles. The monoisotopic (exact) mass is 730 g/mol. The first-order valence-corrected chi connectivity index (χ1v) is 15.9. The Morgan fingerprint density at radius 3 is 1.75 bits per heavy atom. The molecule has 1 unspecified atom stereocenters. The van der Waals surface area contributed by atoms with Crippen LogP contribution in [0.4, 0.5) is 0 Å². The van der Waals surface area contributed by atoms with Gasteiger partial charge in [-0.2, -0.15) is 0 Å². The van der Waals surface area contributed by atoms with Gasteiger partial charge in [0, 0.05) is 32.3 Å². The van der Waals surface area contributed by atoms with E-state index in [1.165, 1.54) is 77.2 Å². The Labute approximate surface area is 302 Å². The molecular weight excluding hydrogens is 684 g/mol. The van der Waals surface area contributed by atoms with Crippen LogP contribution < -0.4 is 37.9 Å². The molecule has 0 fully saturated rings. The predicted octanol–water partition coefficient (Wildman–Crippen LogP) is 3.40. The van der Waals surface area contributed by atoms with Crippen LogP contribution in [0.2, 0.25) is 0 Å². The van der Waals surface area contributed by atoms with Crippen molar-refractivity contribution in [1.82, 2.24) is 0 Å². The minimum atomic E-state index is -1.35. The first-order valence-electron chi connectivity index (χ1n) is 15.9. The zero-order valence-corrected chi connectivity index (χ0v) is 31.1. The molecule has 0 bridgehead atoms. The van der Waals surface area contributed by atoms with Crippen LogP contribution in [0.15, 0.2) is 12.1 Å². The normalized spacial score (nSPS) is 11.1. The fourth-order valence-electron chi connectivity index (χ4n) is 5.51. The number of carbonyl (C=O) groups excluding carboxylic acids is 2. The van der Waals surface area contributed by atoms with Gasteiger partial charge in [-0.25, -0.2) is 4.79 Å². The number of methoxy groups -OCH3 is 10. The fourth-order valence-corrected chi connectivity index (χ4v) is 5.51. The maximum absolute atomic E-state index is 12.9. The molecular formula is C37H46O15. The van der Waals surface area contributed by atoms with Crippen LogP contribution in [0.1, 0.15) is 27.0 Å². The standard InChI is InChI=1S/C37H46O15/c1-41-13-15-51-31-21(17-22(18-27(39)45-5)28(35(31)48-8)37(40)50-10)11-12-23(38)19-24-32(46-6)29-25(43-3)20-26(44-4)34(47-7)30(29)36(49-9)33(24)52-16-14-42-2/h17,20,23,38H,13-16,18-19H2,1-10H3. The summed E-state index contributed by atoms with van der Waals surface area (Å²) in [4.78, 5) is 25.3. The van der Waals surface area contributed by atoms with Crippen molar-refractivity contribution in [1.29, 1.82) is 0 Å². The number of hydrogen-bond donors (Lipinski definition) is 1. The quantitative estimate of drug-likeness (QED) is 0.108. The Bertz CT molecular complexity index is 1770. The van der Waals surface area contributed by atoms with E-state index >= 15 is 0 Å². The summed E-state index contributed by atoms with van der Waals surface area (Å²) in [5.74, 6) is 6.34. The smallest absolute Gasteiger partial charge is 0.342 e. The summed E-state index contributed by atoms with van der Waals surface area (Å²) in [6.07, 6.45) is -1.79. The molecule has 1 atom stereocenters. The van der Waals surface area contributed by atoms with Crippen LogP contribution in [-0.2, 0) is 36.6 Å². The molecule has 0 aromatic heterocycles. The van der Waals surface area contributed by atoms with E-state index in [9.17, 15) is 14.7 Å². The third-order valence-corrected chi connectivity index (χ3v) is 7.78. The minimum absolute atomic E-state index is 0.0191. The van der Waals surface area contributed by atoms with Crippen LogP contribution in [0.25, 0.3) is 10.8 Å². The average molecular weight is 731 g/mol. The van der Waals surface area contributed by atoms with Gasteiger partial charge in [-0.1, -0.05) is 11.8 Å². The van der Waals surface area contributed by atoms with E-state index in [0.29, 0.717) is 39.3 Å². The summed E-state index contributed by atoms with van der Waals surface area (Å²) in [7, 11) is 14.2. The number of ether oxygens (including phenoxy) is 12. The van der Waals surface area contributed by atoms with E-state index in [1.54, 1.807) is 6.07 Å². The Kier molecular flexibility index (Phi) is 15.8. The molecule has 284 valence electrons. The van der Waals surface area contributed by atoms with Crippen molar-refractivity contribution in [2.45, 2.75) is 18.9 Å². The van der Waals surface area contributed by atoms with Gasteiger partial charge in [0.05, 0.1) is 92.8 Å². The van der Waals surface area contributed by atoms with E-state index in [4.69, 9.17) is 56.8 Å². The number of carbonyl (C=O) groups is 2. The number of rotatable bonds is 19. The molecule has 0 aliphatic rings. The van der Waals surface area contributed by atoms with Crippen molar-refractivity contribution in [3.8, 4) is 57.8 Å². The lowest BCUT2D eigenvalue weighted by Gasteiger charge is -2.24. The highest BCUT2D eigenvalue weighted by Crippen LogP contribution is 2.55. The van der Waals surface area contributed by atoms with Crippen LogP contribution in [0.3, 0.4) is 0 Å². The van der Waals surface area contributed by atoms with Gasteiger partial charge in [-0.3, -0.25) is 4.79 Å². The second kappa shape index (κ2) is 19.9. The Balaban J connectivity index is 2.33. The molecule has 3 aromatic rings. The molecule has 0 saturated carbocycles. The van der Waals surface area contributed by atoms with E-state index in [1.807, 2.05) is 0 Å². The van der Waals surface area contributed by atoms with Crippen LogP contribution >= 0.6 is 0 Å². The molecule has 0 radical (unpaired) electrons. The molecule has 0 spiro atoms. The minimum Gasteiger partial charge on any atom is -0.496 e. The molecule has 0 aliphatic heterocycles. The lowest BCUT2D eigenvalue weighted by Crippen LogP contribution is -2.16. The summed E-state index contributed by atoms with van der Waals surface area (Å²) >= 11 is 0. The lowest BCUT2D eigenvalue weighted by atomic mass is 9.96. The highest BCUT2D eigenvalue weighted by molar-refractivity contribution is 6.06. The second-order valence-electron chi connectivity index (χ2n) is 10.7. The molecule has 3 rings (SSSR count). The predicted molar refractivity (Wildman–Crippen MR) is 188 cm³/mol. The van der Waals surface area contributed by atoms with Gasteiger partial charge in [0.25, 0.3) is 0 Å². The third-order valence-electron chi connectivity index (χ3n) is 7.78. The van der Waals surface area contributed by atoms with Crippen LogP contribution in [-0.4, -0.2) is 121 Å². The molecule has 3 aromatic carbocycles.